The van der Waals surface area contributed by atoms with Gasteiger partial charge in [-0.15, -0.1) is 0 Å². The van der Waals surface area contributed by atoms with Crippen molar-refractivity contribution in [3.05, 3.63) is 121 Å². The van der Waals surface area contributed by atoms with E-state index in [1.54, 1.807) is 0 Å². The van der Waals surface area contributed by atoms with Gasteiger partial charge < -0.3 is 75.6 Å². The summed E-state index contributed by atoms with van der Waals surface area (Å²) >= 11 is 9.26. The first-order chi connectivity index (χ1) is 25.1. The van der Waals surface area contributed by atoms with Crippen molar-refractivity contribution < 1.29 is 95.1 Å². The SMILES string of the molecule is OCC1OC([S-])C(O)C(O)C1O.OCC1OC([S-])C(O)C(O)C1O.[Au+].[Au+].c1ccc(P(CCP(c2ccccc2)c2ccccc2)c2ccccc2)cc1. The van der Waals surface area contributed by atoms with Gasteiger partial charge in [-0.05, 0) is 60.3 Å². The minimum atomic E-state index is -1.35. The molecule has 2 fully saturated rings. The van der Waals surface area contributed by atoms with Crippen LogP contribution < -0.4 is 21.2 Å². The second-order valence-corrected chi connectivity index (χ2v) is 17.6. The smallest absolute Gasteiger partial charge is 0.759 e. The van der Waals surface area contributed by atoms with Crippen LogP contribution in [-0.4, -0.2) is 126 Å². The Morgan fingerprint density at radius 2 is 0.648 bits per heavy atom. The monoisotopic (exact) mass is 1180 g/mol. The molecule has 0 saturated carbocycles. The van der Waals surface area contributed by atoms with Gasteiger partial charge in [-0.1, -0.05) is 121 Å². The maximum absolute atomic E-state index is 9.18. The number of ether oxygens (including phenoxy) is 2. The number of hydrogen-bond acceptors (Lipinski definition) is 12. The number of benzene rings is 4. The summed E-state index contributed by atoms with van der Waals surface area (Å²) in [6.45, 7) is -0.865. The van der Waals surface area contributed by atoms with Crippen LogP contribution >= 0.6 is 15.8 Å². The van der Waals surface area contributed by atoms with Gasteiger partial charge in [0.2, 0.25) is 0 Å². The molecule has 10 nitrogen and oxygen atoms in total. The van der Waals surface area contributed by atoms with E-state index < -0.39 is 72.9 Å². The summed E-state index contributed by atoms with van der Waals surface area (Å²) < 4.78 is 9.67. The Bertz CT molecular complexity index is 1360. The van der Waals surface area contributed by atoms with Crippen molar-refractivity contribution in [3.8, 4) is 0 Å². The van der Waals surface area contributed by atoms with E-state index >= 15 is 0 Å². The Labute approximate surface area is 361 Å². The van der Waals surface area contributed by atoms with E-state index in [2.05, 4.69) is 147 Å². The van der Waals surface area contributed by atoms with Crippen LogP contribution in [0.4, 0.5) is 0 Å². The maximum atomic E-state index is 9.18. The number of aliphatic hydroxyl groups is 8. The second kappa shape index (κ2) is 25.8. The van der Waals surface area contributed by atoms with Gasteiger partial charge in [0.05, 0.1) is 25.4 Å². The Kier molecular flexibility index (Phi) is 23.7. The minimum absolute atomic E-state index is 0. The molecule has 4 aromatic rings. The van der Waals surface area contributed by atoms with Crippen molar-refractivity contribution in [3.63, 3.8) is 0 Å². The van der Waals surface area contributed by atoms with Gasteiger partial charge in [-0.2, -0.15) is 0 Å². The quantitative estimate of drug-likeness (QED) is 0.0637. The molecule has 6 rings (SSSR count). The molecule has 0 amide bonds. The van der Waals surface area contributed by atoms with E-state index in [1.807, 2.05) is 0 Å². The molecule has 16 heteroatoms. The first-order valence-electron chi connectivity index (χ1n) is 16.7. The van der Waals surface area contributed by atoms with Crippen LogP contribution in [-0.2, 0) is 79.5 Å². The maximum Gasteiger partial charge on any atom is 1.00 e. The number of rotatable bonds is 9. The molecule has 8 N–H and O–H groups in total. The van der Waals surface area contributed by atoms with E-state index in [4.69, 9.17) is 40.1 Å². The second-order valence-electron chi connectivity index (χ2n) is 12.0. The fourth-order valence-corrected chi connectivity index (χ4v) is 11.5. The molecule has 4 aromatic carbocycles. The largest absolute Gasteiger partial charge is 1.00 e. The molecule has 2 heterocycles. The topological polar surface area (TPSA) is 180 Å². The van der Waals surface area contributed by atoms with Gasteiger partial charge in [0.25, 0.3) is 0 Å². The van der Waals surface area contributed by atoms with E-state index in [0.29, 0.717) is 0 Å². The van der Waals surface area contributed by atoms with Gasteiger partial charge in [0, 0.05) is 0 Å². The Balaban J connectivity index is 0.000000323. The van der Waals surface area contributed by atoms with Crippen molar-refractivity contribution >= 4 is 62.3 Å². The fraction of sp³-hybridized carbons (Fsp3) is 0.368. The summed E-state index contributed by atoms with van der Waals surface area (Å²) in [5.41, 5.74) is -1.97. The molecule has 0 aromatic heterocycles. The molecule has 0 spiro atoms. The van der Waals surface area contributed by atoms with Gasteiger partial charge in [-0.25, -0.2) is 0 Å². The molecule has 0 radical (unpaired) electrons. The predicted octanol–water partition coefficient (Wildman–Crippen LogP) is -0.0864. The third-order valence-corrected chi connectivity index (χ3v) is 14.7. The summed E-state index contributed by atoms with van der Waals surface area (Å²) in [7, 11) is -0.696. The van der Waals surface area contributed by atoms with Crippen molar-refractivity contribution in [2.24, 2.45) is 0 Å². The molecule has 10 atom stereocenters. The van der Waals surface area contributed by atoms with Crippen LogP contribution in [0.15, 0.2) is 121 Å². The predicted molar refractivity (Wildman–Crippen MR) is 210 cm³/mol. The Morgan fingerprint density at radius 1 is 0.407 bits per heavy atom. The Hall–Kier alpha value is -0.479. The number of hydrogen-bond donors (Lipinski definition) is 8. The van der Waals surface area contributed by atoms with Crippen LogP contribution in [0.1, 0.15) is 0 Å². The van der Waals surface area contributed by atoms with E-state index in [0.717, 1.165) is 0 Å². The van der Waals surface area contributed by atoms with Crippen LogP contribution in [0, 0.1) is 0 Å². The van der Waals surface area contributed by atoms with E-state index in [9.17, 15) is 10.2 Å². The molecular formula is C38H46Au2O10P2S2. The third kappa shape index (κ3) is 14.1. The molecule has 2 saturated heterocycles. The van der Waals surface area contributed by atoms with Crippen LogP contribution in [0.5, 0.6) is 0 Å². The molecule has 0 bridgehead atoms. The average molecular weight is 1180 g/mol. The van der Waals surface area contributed by atoms with Gasteiger partial charge in [0.15, 0.2) is 0 Å². The van der Waals surface area contributed by atoms with E-state index in [-0.39, 0.29) is 60.6 Å². The fourth-order valence-electron chi connectivity index (χ4n) is 5.58. The third-order valence-electron chi connectivity index (χ3n) is 8.52. The zero-order chi connectivity index (χ0) is 37.6. The first kappa shape index (κ1) is 49.7. The van der Waals surface area contributed by atoms with Crippen molar-refractivity contribution in [2.45, 2.75) is 59.7 Å². The molecule has 54 heavy (non-hydrogen) atoms. The minimum Gasteiger partial charge on any atom is -0.759 e. The normalized spacial score (nSPS) is 27.6. The molecule has 2 aliphatic rings. The summed E-state index contributed by atoms with van der Waals surface area (Å²) in [6, 6.07) is 44.2. The van der Waals surface area contributed by atoms with Gasteiger partial charge >= 0.3 is 44.8 Å². The molecule has 302 valence electrons. The summed E-state index contributed by atoms with van der Waals surface area (Å²) in [6.07, 6.45) is -7.24. The average Bonchev–Trinajstić information content (AvgIpc) is 3.19. The Morgan fingerprint density at radius 3 is 0.870 bits per heavy atom. The van der Waals surface area contributed by atoms with Crippen molar-refractivity contribution in [1.29, 1.82) is 0 Å². The van der Waals surface area contributed by atoms with Gasteiger partial charge in [0.1, 0.15) is 36.6 Å². The summed E-state index contributed by atoms with van der Waals surface area (Å²) in [4.78, 5) is 0. The first-order valence-corrected chi connectivity index (χ1v) is 20.7. The summed E-state index contributed by atoms with van der Waals surface area (Å²) in [5, 5.41) is 78.1. The van der Waals surface area contributed by atoms with Crippen LogP contribution in [0.3, 0.4) is 0 Å². The standard InChI is InChI=1S/C26H24P2.2C6H12O5S.2Au/c1-5-13-23(14-6-1)27(24-15-7-2-8-16-24)21-22-28(25-17-9-3-10-18-25)26-19-11-4-12-20-26;2*7-1-2-3(8)4(9)5(10)6(12)11-2;;/h1-20H,21-22H2;2*2-10,12H,1H2;;/q;;;2*+1/p-2. The number of aliphatic hydroxyl groups excluding tert-OH is 8. The van der Waals surface area contributed by atoms with Crippen LogP contribution in [0.2, 0.25) is 0 Å². The van der Waals surface area contributed by atoms with Gasteiger partial charge in [-0.3, -0.25) is 0 Å². The molecule has 10 unspecified atom stereocenters. The molecular weight excluding hydrogens is 1140 g/mol. The van der Waals surface area contributed by atoms with Crippen molar-refractivity contribution in [1.82, 2.24) is 0 Å². The molecule has 0 aliphatic carbocycles. The van der Waals surface area contributed by atoms with Crippen LogP contribution in [0.25, 0.3) is 0 Å². The molecule has 2 aliphatic heterocycles. The zero-order valence-electron chi connectivity index (χ0n) is 28.9. The van der Waals surface area contributed by atoms with E-state index in [1.165, 1.54) is 33.5 Å². The summed E-state index contributed by atoms with van der Waals surface area (Å²) in [5.74, 6) is 0. The van der Waals surface area contributed by atoms with Crippen molar-refractivity contribution in [2.75, 3.05) is 25.5 Å². The zero-order valence-corrected chi connectivity index (χ0v) is 36.6.